The van der Waals surface area contributed by atoms with Crippen LogP contribution in [0.25, 0.3) is 11.1 Å². The van der Waals surface area contributed by atoms with Crippen molar-refractivity contribution in [2.24, 2.45) is 0 Å². The molecule has 1 fully saturated rings. The number of aromatic nitrogens is 2. The summed E-state index contributed by atoms with van der Waals surface area (Å²) in [5.74, 6) is 0.719. The number of piperidine rings is 1. The van der Waals surface area contributed by atoms with Gasteiger partial charge in [-0.15, -0.1) is 0 Å². The molecule has 2 aliphatic heterocycles. The lowest BCUT2D eigenvalue weighted by atomic mass is 9.92. The summed E-state index contributed by atoms with van der Waals surface area (Å²) in [6, 6.07) is 11.0. The summed E-state index contributed by atoms with van der Waals surface area (Å²) in [5.41, 5.74) is 2.30. The number of carbonyl (C=O) groups is 1. The van der Waals surface area contributed by atoms with E-state index in [2.05, 4.69) is 10.4 Å². The predicted octanol–water partition coefficient (Wildman–Crippen LogP) is 5.31. The number of hydrogen-bond donors (Lipinski definition) is 1. The topological polar surface area (TPSA) is 68.6 Å². The van der Waals surface area contributed by atoms with Gasteiger partial charge in [0.15, 0.2) is 0 Å². The summed E-state index contributed by atoms with van der Waals surface area (Å²) in [7, 11) is 1.31. The summed E-state index contributed by atoms with van der Waals surface area (Å²) < 4.78 is 29.0. The third kappa shape index (κ3) is 4.14. The molecule has 2 aromatic carbocycles. The Bertz CT molecular complexity index is 1170. The number of carbonyl (C=O) groups excluding carboxylic acids is 1. The van der Waals surface area contributed by atoms with Crippen molar-refractivity contribution in [1.82, 2.24) is 15.1 Å². The first-order valence-electron chi connectivity index (χ1n) is 11.8. The monoisotopic (exact) mass is 464 g/mol. The van der Waals surface area contributed by atoms with Crippen LogP contribution in [-0.4, -0.2) is 42.1 Å². The summed E-state index contributed by atoms with van der Waals surface area (Å²) in [4.78, 5) is 14.0. The lowest BCUT2D eigenvalue weighted by Gasteiger charge is -2.35. The van der Waals surface area contributed by atoms with Crippen LogP contribution in [0.4, 0.5) is 14.9 Å². The summed E-state index contributed by atoms with van der Waals surface area (Å²) in [6.45, 7) is 3.81. The van der Waals surface area contributed by atoms with Gasteiger partial charge in [0.2, 0.25) is 0 Å². The molecule has 1 atom stereocenters. The van der Waals surface area contributed by atoms with Gasteiger partial charge in [-0.2, -0.15) is 5.10 Å². The number of ether oxygens (including phenoxy) is 2. The molecule has 7 nitrogen and oxygen atoms in total. The minimum absolute atomic E-state index is 0.187. The molecule has 2 aliphatic rings. The number of methoxy groups -OCH3 is 1. The Morgan fingerprint density at radius 3 is 2.68 bits per heavy atom. The van der Waals surface area contributed by atoms with Crippen molar-refractivity contribution >= 4 is 11.8 Å². The minimum atomic E-state index is -0.579. The van der Waals surface area contributed by atoms with Crippen LogP contribution in [0.2, 0.25) is 0 Å². The smallest absolute Gasteiger partial charge is 0.414 e. The molecule has 0 spiro atoms. The third-order valence-corrected chi connectivity index (χ3v) is 6.73. The Balaban J connectivity index is 1.64. The predicted molar refractivity (Wildman–Crippen MR) is 128 cm³/mol. The number of halogens is 1. The van der Waals surface area contributed by atoms with Gasteiger partial charge in [-0.3, -0.25) is 9.58 Å². The molecule has 1 aromatic heterocycles. The maximum atomic E-state index is 15.7. The van der Waals surface area contributed by atoms with E-state index in [-0.39, 0.29) is 11.7 Å². The van der Waals surface area contributed by atoms with Crippen molar-refractivity contribution in [2.75, 3.05) is 25.1 Å². The van der Waals surface area contributed by atoms with Crippen LogP contribution in [0, 0.1) is 5.82 Å². The van der Waals surface area contributed by atoms with E-state index in [0.29, 0.717) is 41.5 Å². The van der Waals surface area contributed by atoms with Crippen LogP contribution in [0.1, 0.15) is 37.8 Å². The molecule has 5 rings (SSSR count). The van der Waals surface area contributed by atoms with E-state index in [4.69, 9.17) is 9.47 Å². The number of nitrogens with zero attached hydrogens (tertiary/aromatic N) is 3. The maximum Gasteiger partial charge on any atom is 0.414 e. The third-order valence-electron chi connectivity index (χ3n) is 6.73. The first-order chi connectivity index (χ1) is 16.6. The SMILES string of the molecule is COC(=O)N1c2c(F)cc(-c3cnn(C4CCNCC4)c3)c(Oc3ccccc3)c2CCC1C. The summed E-state index contributed by atoms with van der Waals surface area (Å²) >= 11 is 0. The van der Waals surface area contributed by atoms with E-state index in [1.54, 1.807) is 6.20 Å². The van der Waals surface area contributed by atoms with E-state index < -0.39 is 11.9 Å². The zero-order valence-corrected chi connectivity index (χ0v) is 19.5. The van der Waals surface area contributed by atoms with Crippen molar-refractivity contribution in [3.05, 3.63) is 60.2 Å². The molecule has 3 aromatic rings. The number of nitrogens with one attached hydrogen (secondary N) is 1. The van der Waals surface area contributed by atoms with Gasteiger partial charge in [0, 0.05) is 28.9 Å². The van der Waals surface area contributed by atoms with Crippen LogP contribution < -0.4 is 15.0 Å². The number of para-hydroxylation sites is 1. The highest BCUT2D eigenvalue weighted by atomic mass is 19.1. The van der Waals surface area contributed by atoms with Gasteiger partial charge < -0.3 is 14.8 Å². The molecule has 3 heterocycles. The molecule has 8 heteroatoms. The molecular formula is C26H29FN4O3. The number of rotatable bonds is 4. The van der Waals surface area contributed by atoms with Crippen LogP contribution >= 0.6 is 0 Å². The molecule has 1 unspecified atom stereocenters. The Hall–Kier alpha value is -3.39. The number of fused-ring (bicyclic) bond motifs is 1. The average molecular weight is 465 g/mol. The zero-order valence-electron chi connectivity index (χ0n) is 19.5. The number of benzene rings is 2. The van der Waals surface area contributed by atoms with Crippen molar-refractivity contribution < 1.29 is 18.7 Å². The number of amides is 1. The lowest BCUT2D eigenvalue weighted by Crippen LogP contribution is -2.42. The molecule has 34 heavy (non-hydrogen) atoms. The first kappa shape index (κ1) is 22.4. The Labute approximate surface area is 198 Å². The normalized spacial score (nSPS) is 18.4. The molecule has 0 aliphatic carbocycles. The largest absolute Gasteiger partial charge is 0.456 e. The Morgan fingerprint density at radius 2 is 1.94 bits per heavy atom. The maximum absolute atomic E-state index is 15.7. The highest BCUT2D eigenvalue weighted by Gasteiger charge is 2.35. The van der Waals surface area contributed by atoms with Gasteiger partial charge in [0.05, 0.1) is 25.0 Å². The minimum Gasteiger partial charge on any atom is -0.456 e. The van der Waals surface area contributed by atoms with E-state index in [9.17, 15) is 4.79 Å². The fraction of sp³-hybridized carbons (Fsp3) is 0.385. The molecule has 0 bridgehead atoms. The fourth-order valence-corrected chi connectivity index (χ4v) is 4.92. The van der Waals surface area contributed by atoms with Gasteiger partial charge in [-0.1, -0.05) is 18.2 Å². The summed E-state index contributed by atoms with van der Waals surface area (Å²) in [6.07, 6.45) is 6.41. The molecule has 178 valence electrons. The highest BCUT2D eigenvalue weighted by molar-refractivity contribution is 5.92. The molecule has 1 saturated heterocycles. The first-order valence-corrected chi connectivity index (χ1v) is 11.8. The second kappa shape index (κ2) is 9.46. The molecule has 1 N–H and O–H groups in total. The van der Waals surface area contributed by atoms with Crippen LogP contribution in [0.5, 0.6) is 11.5 Å². The Kier molecular flexibility index (Phi) is 6.24. The standard InChI is InChI=1S/C26H29FN4O3/c1-17-8-9-21-24(31(17)26(32)33-2)23(27)14-22(25(21)34-20-6-4-3-5-7-20)18-15-29-30(16-18)19-10-12-28-13-11-19/h3-7,14-17,19,28H,8-13H2,1-2H3. The van der Waals surface area contributed by atoms with E-state index >= 15 is 4.39 Å². The van der Waals surface area contributed by atoms with Gasteiger partial charge in [-0.25, -0.2) is 9.18 Å². The van der Waals surface area contributed by atoms with Crippen molar-refractivity contribution in [3.8, 4) is 22.6 Å². The second-order valence-electron chi connectivity index (χ2n) is 8.90. The van der Waals surface area contributed by atoms with E-state index in [0.717, 1.165) is 31.5 Å². The van der Waals surface area contributed by atoms with Crippen molar-refractivity contribution in [3.63, 3.8) is 0 Å². The molecule has 0 saturated carbocycles. The number of anilines is 1. The fourth-order valence-electron chi connectivity index (χ4n) is 4.92. The lowest BCUT2D eigenvalue weighted by molar-refractivity contribution is 0.175. The average Bonchev–Trinajstić information content (AvgIpc) is 3.36. The van der Waals surface area contributed by atoms with E-state index in [1.165, 1.54) is 18.1 Å². The van der Waals surface area contributed by atoms with Gasteiger partial charge >= 0.3 is 6.09 Å². The van der Waals surface area contributed by atoms with Crippen molar-refractivity contribution in [2.45, 2.75) is 44.7 Å². The molecule has 1 amide bonds. The molecule has 0 radical (unpaired) electrons. The van der Waals surface area contributed by atoms with Gasteiger partial charge in [-0.05, 0) is 63.9 Å². The van der Waals surface area contributed by atoms with Gasteiger partial charge in [0.1, 0.15) is 17.3 Å². The second-order valence-corrected chi connectivity index (χ2v) is 8.90. The summed E-state index contributed by atoms with van der Waals surface area (Å²) in [5, 5.41) is 7.97. The Morgan fingerprint density at radius 1 is 1.18 bits per heavy atom. The van der Waals surface area contributed by atoms with Crippen LogP contribution in [-0.2, 0) is 11.2 Å². The highest BCUT2D eigenvalue weighted by Crippen LogP contribution is 2.46. The zero-order chi connectivity index (χ0) is 23.7. The van der Waals surface area contributed by atoms with Gasteiger partial charge in [0.25, 0.3) is 0 Å². The molecular weight excluding hydrogens is 435 g/mol. The van der Waals surface area contributed by atoms with Crippen LogP contribution in [0.15, 0.2) is 48.8 Å². The van der Waals surface area contributed by atoms with E-state index in [1.807, 2.05) is 48.1 Å². The number of hydrogen-bond acceptors (Lipinski definition) is 5. The quantitative estimate of drug-likeness (QED) is 0.567. The van der Waals surface area contributed by atoms with Crippen molar-refractivity contribution in [1.29, 1.82) is 0 Å². The van der Waals surface area contributed by atoms with Crippen LogP contribution in [0.3, 0.4) is 0 Å².